The zero-order valence-electron chi connectivity index (χ0n) is 18.0. The van der Waals surface area contributed by atoms with Gasteiger partial charge in [-0.25, -0.2) is 4.68 Å². The third kappa shape index (κ3) is 4.33. The number of nitrogens with one attached hydrogen (secondary N) is 1. The quantitative estimate of drug-likeness (QED) is 0.547. The number of benzene rings is 1. The minimum Gasteiger partial charge on any atom is -0.454 e. The van der Waals surface area contributed by atoms with Gasteiger partial charge < -0.3 is 19.6 Å². The molecule has 1 aromatic carbocycles. The van der Waals surface area contributed by atoms with E-state index in [4.69, 9.17) is 9.47 Å². The fourth-order valence-corrected chi connectivity index (χ4v) is 4.63. The first-order valence-corrected chi connectivity index (χ1v) is 11.3. The molecule has 2 aromatic heterocycles. The molecule has 0 atom stereocenters. The van der Waals surface area contributed by atoms with Crippen molar-refractivity contribution in [1.29, 1.82) is 0 Å². The van der Waals surface area contributed by atoms with E-state index in [2.05, 4.69) is 25.4 Å². The number of fused-ring (bicyclic) bond motifs is 2. The highest BCUT2D eigenvalue weighted by Gasteiger charge is 2.22. The summed E-state index contributed by atoms with van der Waals surface area (Å²) in [4.78, 5) is 17.9. The minimum absolute atomic E-state index is 0.0849. The third-order valence-corrected chi connectivity index (χ3v) is 6.29. The first-order chi connectivity index (χ1) is 15.7. The van der Waals surface area contributed by atoms with Crippen LogP contribution in [-0.4, -0.2) is 55.1 Å². The molecule has 2 aliphatic rings. The van der Waals surface area contributed by atoms with E-state index in [1.807, 2.05) is 16.8 Å². The summed E-state index contributed by atoms with van der Waals surface area (Å²) in [5.74, 6) is 2.12. The number of hydrogen-bond acceptors (Lipinski definition) is 8. The van der Waals surface area contributed by atoms with Gasteiger partial charge in [0.1, 0.15) is 0 Å². The normalized spacial score (nSPS) is 16.3. The summed E-state index contributed by atoms with van der Waals surface area (Å²) in [5.41, 5.74) is 1.22. The van der Waals surface area contributed by atoms with Crippen molar-refractivity contribution in [3.63, 3.8) is 0 Å². The van der Waals surface area contributed by atoms with Crippen LogP contribution < -0.4 is 15.0 Å². The highest BCUT2D eigenvalue weighted by Crippen LogP contribution is 2.35. The molecule has 1 aliphatic carbocycles. The number of pyridine rings is 1. The zero-order chi connectivity index (χ0) is 21.9. The van der Waals surface area contributed by atoms with Crippen molar-refractivity contribution >= 4 is 10.9 Å². The molecule has 3 heterocycles. The number of aliphatic hydroxyl groups is 1. The molecule has 1 saturated carbocycles. The van der Waals surface area contributed by atoms with E-state index >= 15 is 0 Å². The van der Waals surface area contributed by atoms with Gasteiger partial charge in [0.15, 0.2) is 17.3 Å². The molecule has 0 radical (unpaired) electrons. The number of hydrogen-bond donors (Lipinski definition) is 2. The van der Waals surface area contributed by atoms with Crippen LogP contribution in [0.3, 0.4) is 0 Å². The molecule has 0 saturated heterocycles. The van der Waals surface area contributed by atoms with Gasteiger partial charge in [-0.3, -0.25) is 9.69 Å². The highest BCUT2D eigenvalue weighted by atomic mass is 16.7. The van der Waals surface area contributed by atoms with E-state index in [1.54, 1.807) is 6.07 Å². The topological polar surface area (TPSA) is 118 Å². The summed E-state index contributed by atoms with van der Waals surface area (Å²) in [7, 11) is 0. The molecule has 3 aromatic rings. The molecule has 10 heteroatoms. The predicted molar refractivity (Wildman–Crippen MR) is 116 cm³/mol. The second-order valence-corrected chi connectivity index (χ2v) is 8.54. The molecule has 2 N–H and O–H groups in total. The summed E-state index contributed by atoms with van der Waals surface area (Å²) in [5, 5.41) is 22.7. The summed E-state index contributed by atoms with van der Waals surface area (Å²) in [6.45, 7) is 1.85. The van der Waals surface area contributed by atoms with Crippen molar-refractivity contribution < 1.29 is 14.6 Å². The van der Waals surface area contributed by atoms with Gasteiger partial charge in [0, 0.05) is 36.7 Å². The van der Waals surface area contributed by atoms with Gasteiger partial charge in [-0.2, -0.15) is 0 Å². The average molecular weight is 441 g/mol. The number of rotatable bonds is 8. The lowest BCUT2D eigenvalue weighted by molar-refractivity contribution is 0.174. The SMILES string of the molecule is O=c1[nH]c2cc3c(cc2cc1CN(CCCO)Cc1nnnn1C1CCCCC1)OCO3. The Morgan fingerprint density at radius 2 is 1.94 bits per heavy atom. The first-order valence-electron chi connectivity index (χ1n) is 11.3. The molecule has 1 fully saturated rings. The number of tetrazole rings is 1. The fraction of sp³-hybridized carbons (Fsp3) is 0.545. The second kappa shape index (κ2) is 9.25. The van der Waals surface area contributed by atoms with Gasteiger partial charge in [0.05, 0.1) is 18.1 Å². The lowest BCUT2D eigenvalue weighted by atomic mass is 9.95. The number of aromatic nitrogens is 5. The van der Waals surface area contributed by atoms with E-state index in [0.717, 1.165) is 24.1 Å². The summed E-state index contributed by atoms with van der Waals surface area (Å²) in [6, 6.07) is 5.91. The van der Waals surface area contributed by atoms with E-state index in [9.17, 15) is 9.90 Å². The Kier molecular flexibility index (Phi) is 6.04. The standard InChI is InChI=1S/C22H28N6O4/c29-8-4-7-27(13-21-24-25-26-28(21)17-5-2-1-3-6-17)12-16-9-15-10-19-20(32-14-31-19)11-18(15)23-22(16)30/h9-11,17,29H,1-8,12-14H2,(H,23,30). The summed E-state index contributed by atoms with van der Waals surface area (Å²) >= 11 is 0. The van der Waals surface area contributed by atoms with Crippen LogP contribution >= 0.6 is 0 Å². The van der Waals surface area contributed by atoms with E-state index in [-0.39, 0.29) is 19.0 Å². The lowest BCUT2D eigenvalue weighted by Crippen LogP contribution is -2.30. The van der Waals surface area contributed by atoms with Crippen molar-refractivity contribution in [1.82, 2.24) is 30.1 Å². The average Bonchev–Trinajstić information content (AvgIpc) is 3.46. The van der Waals surface area contributed by atoms with Crippen LogP contribution in [0.4, 0.5) is 0 Å². The van der Waals surface area contributed by atoms with Crippen molar-refractivity contribution in [2.24, 2.45) is 0 Å². The van der Waals surface area contributed by atoms with Crippen LogP contribution in [0.15, 0.2) is 23.0 Å². The van der Waals surface area contributed by atoms with Crippen LogP contribution in [0.1, 0.15) is 56.0 Å². The van der Waals surface area contributed by atoms with Crippen LogP contribution in [0.25, 0.3) is 10.9 Å². The largest absolute Gasteiger partial charge is 0.454 e. The lowest BCUT2D eigenvalue weighted by Gasteiger charge is -2.25. The van der Waals surface area contributed by atoms with Crippen LogP contribution in [0, 0.1) is 0 Å². The number of aromatic amines is 1. The van der Waals surface area contributed by atoms with E-state index < -0.39 is 0 Å². The summed E-state index contributed by atoms with van der Waals surface area (Å²) in [6.07, 6.45) is 6.45. The fourth-order valence-electron chi connectivity index (χ4n) is 4.63. The molecular weight excluding hydrogens is 412 g/mol. The molecule has 0 spiro atoms. The molecule has 32 heavy (non-hydrogen) atoms. The van der Waals surface area contributed by atoms with Crippen molar-refractivity contribution in [3.05, 3.63) is 39.9 Å². The number of aliphatic hydroxyl groups excluding tert-OH is 1. The van der Waals surface area contributed by atoms with Crippen LogP contribution in [0.2, 0.25) is 0 Å². The van der Waals surface area contributed by atoms with Gasteiger partial charge in [-0.15, -0.1) is 5.10 Å². The third-order valence-electron chi connectivity index (χ3n) is 6.29. The molecule has 10 nitrogen and oxygen atoms in total. The highest BCUT2D eigenvalue weighted by molar-refractivity contribution is 5.83. The van der Waals surface area contributed by atoms with Gasteiger partial charge >= 0.3 is 0 Å². The van der Waals surface area contributed by atoms with Gasteiger partial charge in [0.25, 0.3) is 5.56 Å². The van der Waals surface area contributed by atoms with Gasteiger partial charge in [0.2, 0.25) is 6.79 Å². The van der Waals surface area contributed by atoms with Crippen molar-refractivity contribution in [2.45, 2.75) is 57.7 Å². The molecule has 0 unspecified atom stereocenters. The smallest absolute Gasteiger partial charge is 0.252 e. The monoisotopic (exact) mass is 440 g/mol. The Bertz CT molecular complexity index is 1140. The molecule has 0 amide bonds. The Morgan fingerprint density at radius 3 is 2.75 bits per heavy atom. The Balaban J connectivity index is 1.39. The molecule has 170 valence electrons. The van der Waals surface area contributed by atoms with Crippen molar-refractivity contribution in [2.75, 3.05) is 19.9 Å². The van der Waals surface area contributed by atoms with Crippen molar-refractivity contribution in [3.8, 4) is 11.5 Å². The predicted octanol–water partition coefficient (Wildman–Crippen LogP) is 2.13. The maximum absolute atomic E-state index is 12.8. The number of ether oxygens (including phenoxy) is 2. The van der Waals surface area contributed by atoms with E-state index in [1.165, 1.54) is 19.3 Å². The first kappa shape index (κ1) is 20.9. The van der Waals surface area contributed by atoms with Gasteiger partial charge in [-0.05, 0) is 41.8 Å². The Morgan fingerprint density at radius 1 is 1.12 bits per heavy atom. The number of nitrogens with zero attached hydrogens (tertiary/aromatic N) is 5. The summed E-state index contributed by atoms with van der Waals surface area (Å²) < 4.78 is 12.8. The molecular formula is C22H28N6O4. The number of H-pyrrole nitrogens is 1. The zero-order valence-corrected chi connectivity index (χ0v) is 18.0. The van der Waals surface area contributed by atoms with Gasteiger partial charge in [-0.1, -0.05) is 19.3 Å². The minimum atomic E-state index is -0.141. The molecule has 0 bridgehead atoms. The Hall–Kier alpha value is -2.98. The Labute approximate surface area is 185 Å². The van der Waals surface area contributed by atoms with Crippen LogP contribution in [-0.2, 0) is 13.1 Å². The second-order valence-electron chi connectivity index (χ2n) is 8.54. The van der Waals surface area contributed by atoms with Crippen LogP contribution in [0.5, 0.6) is 11.5 Å². The molecule has 5 rings (SSSR count). The maximum Gasteiger partial charge on any atom is 0.252 e. The maximum atomic E-state index is 12.8. The molecule has 1 aliphatic heterocycles. The van der Waals surface area contributed by atoms with E-state index in [0.29, 0.717) is 54.7 Å².